The summed E-state index contributed by atoms with van der Waals surface area (Å²) in [5, 5.41) is 0. The minimum atomic E-state index is -0.547. The summed E-state index contributed by atoms with van der Waals surface area (Å²) in [6, 6.07) is 0. The van der Waals surface area contributed by atoms with Crippen LogP contribution in [0.5, 0.6) is 0 Å². The van der Waals surface area contributed by atoms with Gasteiger partial charge in [0.1, 0.15) is 5.78 Å². The molecule has 39 heavy (non-hydrogen) atoms. The van der Waals surface area contributed by atoms with Gasteiger partial charge in [-0.05, 0) is 12.8 Å². The minimum Gasteiger partial charge on any atom is -0.369 e. The smallest absolute Gasteiger partial charge is 0.227 e. The van der Waals surface area contributed by atoms with Gasteiger partial charge in [-0.3, -0.25) is 9.59 Å². The number of carbonyl (C=O) groups excluding carboxylic acids is 2. The van der Waals surface area contributed by atoms with Crippen LogP contribution in [0.4, 0.5) is 0 Å². The van der Waals surface area contributed by atoms with E-state index in [0.717, 1.165) is 25.7 Å². The quantitative estimate of drug-likeness (QED) is 0.0653. The number of amides is 1. The van der Waals surface area contributed by atoms with Gasteiger partial charge in [-0.15, -0.1) is 0 Å². The Labute approximate surface area is 245 Å². The number of ketones is 1. The van der Waals surface area contributed by atoms with Crippen molar-refractivity contribution in [1.82, 2.24) is 0 Å². The number of nitrogens with two attached hydrogens (primary N) is 1. The summed E-state index contributed by atoms with van der Waals surface area (Å²) in [4.78, 5) is 24.5. The molecule has 232 valence electrons. The van der Waals surface area contributed by atoms with Gasteiger partial charge in [0.25, 0.3) is 0 Å². The summed E-state index contributed by atoms with van der Waals surface area (Å²) in [7, 11) is 0. The Bertz CT molecular complexity index is 518. The summed E-state index contributed by atoms with van der Waals surface area (Å²) < 4.78 is 0. The maximum Gasteiger partial charge on any atom is 0.227 e. The molecule has 0 saturated heterocycles. The zero-order chi connectivity index (χ0) is 28.7. The molecule has 0 spiro atoms. The molecule has 0 saturated carbocycles. The van der Waals surface area contributed by atoms with Crippen LogP contribution < -0.4 is 5.73 Å². The van der Waals surface area contributed by atoms with Crippen LogP contribution in [0.25, 0.3) is 0 Å². The van der Waals surface area contributed by atoms with Gasteiger partial charge >= 0.3 is 0 Å². The molecule has 0 bridgehead atoms. The van der Waals surface area contributed by atoms with Crippen molar-refractivity contribution in [3.05, 3.63) is 0 Å². The van der Waals surface area contributed by atoms with Crippen LogP contribution in [0.2, 0.25) is 0 Å². The van der Waals surface area contributed by atoms with Crippen molar-refractivity contribution < 1.29 is 9.59 Å². The van der Waals surface area contributed by atoms with E-state index >= 15 is 0 Å². The standard InChI is InChI=1S/C36H71NO2/c1-3-5-7-9-11-13-15-17-19-21-23-25-27-29-31-33-35(38)34(36(37)39)32-30-28-26-24-22-20-18-16-14-12-10-8-6-4-2/h34H,3-33H2,1-2H3,(H2,37,39). The van der Waals surface area contributed by atoms with Gasteiger partial charge in [0, 0.05) is 6.42 Å². The highest BCUT2D eigenvalue weighted by atomic mass is 16.2. The molecule has 0 aromatic rings. The van der Waals surface area contributed by atoms with Gasteiger partial charge < -0.3 is 5.73 Å². The van der Waals surface area contributed by atoms with Crippen LogP contribution in [0.15, 0.2) is 0 Å². The van der Waals surface area contributed by atoms with E-state index < -0.39 is 11.8 Å². The first-order valence-electron chi connectivity index (χ1n) is 18.0. The zero-order valence-electron chi connectivity index (χ0n) is 26.9. The molecule has 0 aliphatic carbocycles. The molecule has 2 N–H and O–H groups in total. The monoisotopic (exact) mass is 550 g/mol. The third-order valence-corrected chi connectivity index (χ3v) is 8.61. The molecule has 0 aromatic heterocycles. The van der Waals surface area contributed by atoms with Crippen molar-refractivity contribution in [2.45, 2.75) is 213 Å². The van der Waals surface area contributed by atoms with Crippen molar-refractivity contribution in [3.8, 4) is 0 Å². The number of carbonyl (C=O) groups is 2. The highest BCUT2D eigenvalue weighted by Crippen LogP contribution is 2.18. The van der Waals surface area contributed by atoms with Gasteiger partial charge in [-0.1, -0.05) is 194 Å². The fraction of sp³-hybridized carbons (Fsp3) is 0.944. The normalized spacial score (nSPS) is 12.2. The van der Waals surface area contributed by atoms with Gasteiger partial charge in [-0.2, -0.15) is 0 Å². The molecule has 0 aromatic carbocycles. The Kier molecular flexibility index (Phi) is 31.0. The van der Waals surface area contributed by atoms with Gasteiger partial charge in [0.05, 0.1) is 5.92 Å². The highest BCUT2D eigenvalue weighted by Gasteiger charge is 2.22. The Morgan fingerprint density at radius 3 is 0.949 bits per heavy atom. The predicted octanol–water partition coefficient (Wildman–Crippen LogP) is 11.8. The molecule has 3 nitrogen and oxygen atoms in total. The molecule has 0 rings (SSSR count). The molecule has 0 fully saturated rings. The predicted molar refractivity (Wildman–Crippen MR) is 172 cm³/mol. The van der Waals surface area contributed by atoms with E-state index in [9.17, 15) is 9.59 Å². The maximum atomic E-state index is 12.6. The van der Waals surface area contributed by atoms with Gasteiger partial charge in [0.2, 0.25) is 5.91 Å². The number of Topliss-reactive ketones (excluding diaryl/α,β-unsaturated/α-hetero) is 1. The van der Waals surface area contributed by atoms with Crippen molar-refractivity contribution in [3.63, 3.8) is 0 Å². The van der Waals surface area contributed by atoms with E-state index in [1.807, 2.05) is 0 Å². The highest BCUT2D eigenvalue weighted by molar-refractivity contribution is 6.00. The second-order valence-corrected chi connectivity index (χ2v) is 12.5. The molecule has 0 heterocycles. The maximum absolute atomic E-state index is 12.6. The Morgan fingerprint density at radius 1 is 0.410 bits per heavy atom. The Morgan fingerprint density at radius 2 is 0.667 bits per heavy atom. The topological polar surface area (TPSA) is 60.2 Å². The molecule has 3 heteroatoms. The first-order chi connectivity index (χ1) is 19.1. The molecule has 0 radical (unpaired) electrons. The van der Waals surface area contributed by atoms with E-state index in [-0.39, 0.29) is 5.78 Å². The summed E-state index contributed by atoms with van der Waals surface area (Å²) in [5.41, 5.74) is 5.59. The number of primary amides is 1. The van der Waals surface area contributed by atoms with Crippen LogP contribution in [-0.4, -0.2) is 11.7 Å². The van der Waals surface area contributed by atoms with Crippen LogP contribution >= 0.6 is 0 Å². The number of hydrogen-bond donors (Lipinski definition) is 1. The van der Waals surface area contributed by atoms with E-state index in [1.165, 1.54) is 161 Å². The Hall–Kier alpha value is -0.860. The van der Waals surface area contributed by atoms with Gasteiger partial charge in [-0.25, -0.2) is 0 Å². The van der Waals surface area contributed by atoms with Crippen LogP contribution in [0.1, 0.15) is 213 Å². The zero-order valence-corrected chi connectivity index (χ0v) is 26.9. The third-order valence-electron chi connectivity index (χ3n) is 8.61. The van der Waals surface area contributed by atoms with E-state index in [2.05, 4.69) is 13.8 Å². The second-order valence-electron chi connectivity index (χ2n) is 12.5. The average molecular weight is 550 g/mol. The molecular weight excluding hydrogens is 478 g/mol. The molecule has 1 atom stereocenters. The molecule has 1 unspecified atom stereocenters. The summed E-state index contributed by atoms with van der Waals surface area (Å²) in [6.07, 6.45) is 39.4. The Balaban J connectivity index is 3.53. The summed E-state index contributed by atoms with van der Waals surface area (Å²) >= 11 is 0. The van der Waals surface area contributed by atoms with Crippen molar-refractivity contribution in [2.75, 3.05) is 0 Å². The number of rotatable bonds is 33. The number of hydrogen-bond acceptors (Lipinski definition) is 2. The molecule has 1 amide bonds. The first-order valence-corrected chi connectivity index (χ1v) is 18.0. The van der Waals surface area contributed by atoms with Crippen LogP contribution in [0, 0.1) is 5.92 Å². The van der Waals surface area contributed by atoms with Crippen LogP contribution in [-0.2, 0) is 9.59 Å². The van der Waals surface area contributed by atoms with E-state index in [0.29, 0.717) is 12.8 Å². The first kappa shape index (κ1) is 38.1. The lowest BCUT2D eigenvalue weighted by molar-refractivity contribution is -0.132. The number of unbranched alkanes of at least 4 members (excludes halogenated alkanes) is 27. The molecule has 0 aliphatic rings. The van der Waals surface area contributed by atoms with E-state index in [1.54, 1.807) is 0 Å². The lowest BCUT2D eigenvalue weighted by Crippen LogP contribution is -2.30. The van der Waals surface area contributed by atoms with Crippen molar-refractivity contribution in [2.24, 2.45) is 11.7 Å². The fourth-order valence-electron chi connectivity index (χ4n) is 5.85. The lowest BCUT2D eigenvalue weighted by atomic mass is 9.92. The average Bonchev–Trinajstić information content (AvgIpc) is 2.92. The second kappa shape index (κ2) is 31.7. The third kappa shape index (κ3) is 28.5. The minimum absolute atomic E-state index is 0.0897. The SMILES string of the molecule is CCCCCCCCCCCCCCCCCC(=O)C(CCCCCCCCCCCCCCCC)C(N)=O. The van der Waals surface area contributed by atoms with Crippen molar-refractivity contribution in [1.29, 1.82) is 0 Å². The van der Waals surface area contributed by atoms with Crippen molar-refractivity contribution >= 4 is 11.7 Å². The largest absolute Gasteiger partial charge is 0.369 e. The van der Waals surface area contributed by atoms with Crippen LogP contribution in [0.3, 0.4) is 0 Å². The summed E-state index contributed by atoms with van der Waals surface area (Å²) in [6.45, 7) is 4.55. The molecular formula is C36H71NO2. The van der Waals surface area contributed by atoms with E-state index in [4.69, 9.17) is 5.73 Å². The summed E-state index contributed by atoms with van der Waals surface area (Å²) in [5.74, 6) is -0.864. The molecule has 0 aliphatic heterocycles. The van der Waals surface area contributed by atoms with Gasteiger partial charge in [0.15, 0.2) is 0 Å². The fourth-order valence-corrected chi connectivity index (χ4v) is 5.85. The lowest BCUT2D eigenvalue weighted by Gasteiger charge is -2.12.